The Morgan fingerprint density at radius 2 is 1.33 bits per heavy atom. The third kappa shape index (κ3) is 16.1. The monoisotopic (exact) mass is 168 g/mol. The second-order valence-electron chi connectivity index (χ2n) is 2.18. The Balaban J connectivity index is -0.000000175. The van der Waals surface area contributed by atoms with Gasteiger partial charge < -0.3 is 0 Å². The van der Waals surface area contributed by atoms with Crippen molar-refractivity contribution in [3.05, 3.63) is 36.5 Å². The Morgan fingerprint density at radius 1 is 1.00 bits per heavy atom. The summed E-state index contributed by atoms with van der Waals surface area (Å²) in [6.45, 7) is 18.4. The highest BCUT2D eigenvalue weighted by Gasteiger charge is 1.80. The topological polar surface area (TPSA) is 0 Å². The van der Waals surface area contributed by atoms with Crippen LogP contribution in [-0.4, -0.2) is 0 Å². The molecule has 0 bridgehead atoms. The lowest BCUT2D eigenvalue weighted by molar-refractivity contribution is 1.29. The van der Waals surface area contributed by atoms with Crippen LogP contribution >= 0.6 is 0 Å². The zero-order valence-corrected chi connectivity index (χ0v) is 9.57. The maximum atomic E-state index is 3.00. The highest BCUT2D eigenvalue weighted by atomic mass is 13.9. The summed E-state index contributed by atoms with van der Waals surface area (Å²) in [5.41, 5.74) is 2.76. The quantitative estimate of drug-likeness (QED) is 0.391. The molecule has 0 N–H and O–H groups in total. The summed E-state index contributed by atoms with van der Waals surface area (Å²) in [4.78, 5) is 0. The van der Waals surface area contributed by atoms with E-state index in [0.717, 1.165) is 0 Å². The molecule has 0 aromatic rings. The minimum absolute atomic E-state index is 1.37. The molecule has 0 unspecified atom stereocenters. The molecule has 0 nitrogen and oxygen atoms in total. The van der Waals surface area contributed by atoms with Gasteiger partial charge in [-0.2, -0.15) is 0 Å². The van der Waals surface area contributed by atoms with Gasteiger partial charge in [-0.1, -0.05) is 37.1 Å². The Hall–Kier alpha value is -0.780. The molecule has 0 aliphatic heterocycles. The summed E-state index contributed by atoms with van der Waals surface area (Å²) < 4.78 is 0. The molecule has 0 rings (SSSR count). The Labute approximate surface area is 78.7 Å². The van der Waals surface area contributed by atoms with E-state index in [4.69, 9.17) is 0 Å². The van der Waals surface area contributed by atoms with E-state index in [9.17, 15) is 0 Å². The third-order valence-corrected chi connectivity index (χ3v) is 1.21. The second-order valence-corrected chi connectivity index (χ2v) is 2.18. The molecule has 0 aromatic carbocycles. The van der Waals surface area contributed by atoms with Gasteiger partial charge in [-0.05, 0) is 27.7 Å². The summed E-state index contributed by atoms with van der Waals surface area (Å²) in [5, 5.41) is 0. The zero-order valence-electron chi connectivity index (χ0n) is 9.57. The highest BCUT2D eigenvalue weighted by molar-refractivity contribution is 5.19. The van der Waals surface area contributed by atoms with Crippen LogP contribution in [0.15, 0.2) is 36.5 Å². The number of hydrogen-bond donors (Lipinski definition) is 0. The zero-order chi connectivity index (χ0) is 10.6. The molecule has 72 valence electrons. The fourth-order valence-corrected chi connectivity index (χ4v) is 0.417. The first-order chi connectivity index (χ1) is 5.68. The van der Waals surface area contributed by atoms with Crippen LogP contribution in [0.5, 0.6) is 0 Å². The van der Waals surface area contributed by atoms with Gasteiger partial charge in [0.2, 0.25) is 0 Å². The van der Waals surface area contributed by atoms with Crippen molar-refractivity contribution >= 4 is 0 Å². The SMILES string of the molecule is C/C=C\C(C)=C(C)C.C=C.CC. The predicted molar refractivity (Wildman–Crippen MR) is 61.5 cm³/mol. The fourth-order valence-electron chi connectivity index (χ4n) is 0.417. The second kappa shape index (κ2) is 16.7. The Bertz CT molecular complexity index is 123. The Morgan fingerprint density at radius 3 is 1.42 bits per heavy atom. The van der Waals surface area contributed by atoms with Gasteiger partial charge >= 0.3 is 0 Å². The Kier molecular flexibility index (Phi) is 24.1. The summed E-state index contributed by atoms with van der Waals surface area (Å²) in [6.07, 6.45) is 4.18. The fraction of sp³-hybridized carbons (Fsp3) is 0.500. The molecule has 0 fully saturated rings. The van der Waals surface area contributed by atoms with Crippen molar-refractivity contribution in [2.24, 2.45) is 0 Å². The molecule has 0 aliphatic carbocycles. The van der Waals surface area contributed by atoms with Gasteiger partial charge in [-0.25, -0.2) is 0 Å². The van der Waals surface area contributed by atoms with Crippen LogP contribution in [0.4, 0.5) is 0 Å². The van der Waals surface area contributed by atoms with Gasteiger partial charge in [0.1, 0.15) is 0 Å². The molecule has 0 atom stereocenters. The highest BCUT2D eigenvalue weighted by Crippen LogP contribution is 2.01. The first-order valence-corrected chi connectivity index (χ1v) is 4.45. The van der Waals surface area contributed by atoms with E-state index in [1.54, 1.807) is 0 Å². The first kappa shape index (κ1) is 17.3. The molecule has 0 aromatic heterocycles. The number of allylic oxidation sites excluding steroid dienone is 4. The van der Waals surface area contributed by atoms with Crippen LogP contribution in [0.25, 0.3) is 0 Å². The van der Waals surface area contributed by atoms with Crippen molar-refractivity contribution in [1.29, 1.82) is 0 Å². The molecular weight excluding hydrogens is 144 g/mol. The number of hydrogen-bond acceptors (Lipinski definition) is 0. The molecule has 0 aliphatic rings. The maximum absolute atomic E-state index is 3.00. The van der Waals surface area contributed by atoms with Crippen molar-refractivity contribution in [2.75, 3.05) is 0 Å². The van der Waals surface area contributed by atoms with Gasteiger partial charge in [0.25, 0.3) is 0 Å². The van der Waals surface area contributed by atoms with Crippen LogP contribution < -0.4 is 0 Å². The molecular formula is C12H24. The van der Waals surface area contributed by atoms with E-state index in [1.807, 2.05) is 20.8 Å². The van der Waals surface area contributed by atoms with Crippen molar-refractivity contribution in [3.8, 4) is 0 Å². The van der Waals surface area contributed by atoms with E-state index in [1.165, 1.54) is 11.1 Å². The van der Waals surface area contributed by atoms with E-state index in [0.29, 0.717) is 0 Å². The average molecular weight is 168 g/mol. The normalized spacial score (nSPS) is 7.50. The standard InChI is InChI=1S/C8H14.C2H6.C2H4/c1-5-6-8(4)7(2)3;2*1-2/h5-6H,1-4H3;1-2H3;1-2H2/b6-5-;;. The first-order valence-electron chi connectivity index (χ1n) is 4.45. The molecule has 0 heterocycles. The summed E-state index contributed by atoms with van der Waals surface area (Å²) in [7, 11) is 0. The van der Waals surface area contributed by atoms with Gasteiger partial charge in [0.15, 0.2) is 0 Å². The average Bonchev–Trinajstić information content (AvgIpc) is 2.12. The van der Waals surface area contributed by atoms with Crippen LogP contribution in [0, 0.1) is 0 Å². The third-order valence-electron chi connectivity index (χ3n) is 1.21. The smallest absolute Gasteiger partial charge is 0.0399 e. The van der Waals surface area contributed by atoms with E-state index in [2.05, 4.69) is 46.1 Å². The van der Waals surface area contributed by atoms with Crippen molar-refractivity contribution in [1.82, 2.24) is 0 Å². The molecule has 0 spiro atoms. The van der Waals surface area contributed by atoms with Crippen molar-refractivity contribution in [2.45, 2.75) is 41.5 Å². The summed E-state index contributed by atoms with van der Waals surface area (Å²) in [5.74, 6) is 0. The lowest BCUT2D eigenvalue weighted by Gasteiger charge is -1.91. The summed E-state index contributed by atoms with van der Waals surface area (Å²) in [6, 6.07) is 0. The van der Waals surface area contributed by atoms with Gasteiger partial charge in [0.05, 0.1) is 0 Å². The van der Waals surface area contributed by atoms with Crippen LogP contribution in [-0.2, 0) is 0 Å². The molecule has 0 heteroatoms. The van der Waals surface area contributed by atoms with E-state index >= 15 is 0 Å². The van der Waals surface area contributed by atoms with Gasteiger partial charge in [-0.15, -0.1) is 13.2 Å². The summed E-state index contributed by atoms with van der Waals surface area (Å²) >= 11 is 0. The lowest BCUT2D eigenvalue weighted by Crippen LogP contribution is -1.70. The minimum atomic E-state index is 1.37. The van der Waals surface area contributed by atoms with Gasteiger partial charge in [-0.3, -0.25) is 0 Å². The number of rotatable bonds is 1. The van der Waals surface area contributed by atoms with Gasteiger partial charge in [0, 0.05) is 0 Å². The van der Waals surface area contributed by atoms with Crippen LogP contribution in [0.2, 0.25) is 0 Å². The predicted octanol–water partition coefficient (Wildman–Crippen LogP) is 4.75. The molecule has 0 amide bonds. The maximum Gasteiger partial charge on any atom is -0.0399 e. The minimum Gasteiger partial charge on any atom is -0.106 e. The van der Waals surface area contributed by atoms with E-state index in [-0.39, 0.29) is 0 Å². The molecule has 0 saturated carbocycles. The van der Waals surface area contributed by atoms with E-state index < -0.39 is 0 Å². The lowest BCUT2D eigenvalue weighted by atomic mass is 10.2. The molecule has 12 heavy (non-hydrogen) atoms. The molecule has 0 saturated heterocycles. The molecule has 0 radical (unpaired) electrons. The van der Waals surface area contributed by atoms with Crippen molar-refractivity contribution in [3.63, 3.8) is 0 Å². The largest absolute Gasteiger partial charge is 0.106 e. The van der Waals surface area contributed by atoms with Crippen molar-refractivity contribution < 1.29 is 0 Å². The van der Waals surface area contributed by atoms with Crippen LogP contribution in [0.1, 0.15) is 41.5 Å². The van der Waals surface area contributed by atoms with Crippen LogP contribution in [0.3, 0.4) is 0 Å².